The second-order valence-corrected chi connectivity index (χ2v) is 8.51. The summed E-state index contributed by atoms with van der Waals surface area (Å²) in [4.78, 5) is 21.3. The van der Waals surface area contributed by atoms with Gasteiger partial charge in [0.1, 0.15) is 5.75 Å². The van der Waals surface area contributed by atoms with Gasteiger partial charge in [-0.15, -0.1) is 0 Å². The molecule has 0 saturated carbocycles. The van der Waals surface area contributed by atoms with E-state index < -0.39 is 0 Å². The van der Waals surface area contributed by atoms with Gasteiger partial charge in [0.2, 0.25) is 0 Å². The van der Waals surface area contributed by atoms with Crippen LogP contribution in [0.25, 0.3) is 11.5 Å². The fourth-order valence-corrected chi connectivity index (χ4v) is 3.79. The minimum absolute atomic E-state index is 0.00756. The minimum Gasteiger partial charge on any atom is -0.484 e. The summed E-state index contributed by atoms with van der Waals surface area (Å²) < 4.78 is 11.0. The molecule has 1 saturated heterocycles. The number of aromatic nitrogens is 2. The molecule has 0 spiro atoms. The summed E-state index contributed by atoms with van der Waals surface area (Å²) in [5, 5.41) is 3.99. The molecule has 32 heavy (non-hydrogen) atoms. The smallest absolute Gasteiger partial charge is 0.260 e. The van der Waals surface area contributed by atoms with Crippen LogP contribution in [-0.2, 0) is 4.79 Å². The quantitative estimate of drug-likeness (QED) is 0.579. The number of amides is 1. The summed E-state index contributed by atoms with van der Waals surface area (Å²) >= 11 is 0. The zero-order chi connectivity index (χ0) is 22.7. The maximum atomic E-state index is 12.6. The van der Waals surface area contributed by atoms with E-state index in [4.69, 9.17) is 9.26 Å². The Morgan fingerprint density at radius 3 is 2.44 bits per heavy atom. The largest absolute Gasteiger partial charge is 0.484 e. The van der Waals surface area contributed by atoms with E-state index in [9.17, 15) is 4.79 Å². The van der Waals surface area contributed by atoms with E-state index >= 15 is 0 Å². The summed E-state index contributed by atoms with van der Waals surface area (Å²) in [5.74, 6) is 2.03. The lowest BCUT2D eigenvalue weighted by Gasteiger charge is -2.37. The van der Waals surface area contributed by atoms with Crippen LogP contribution in [0.15, 0.2) is 47.0 Å². The molecule has 1 fully saturated rings. The van der Waals surface area contributed by atoms with E-state index in [1.54, 1.807) is 0 Å². The number of carbonyl (C=O) groups excluding carboxylic acids is 1. The van der Waals surface area contributed by atoms with Crippen molar-refractivity contribution in [3.8, 4) is 17.2 Å². The third-order valence-corrected chi connectivity index (χ3v) is 5.97. The molecule has 2 heterocycles. The SMILES string of the molecule is Cc1cccc(N2CCN(C(=O)COc3ccc(-c4nc(C(C)C)no4)cc3)CC2)c1C. The van der Waals surface area contributed by atoms with Gasteiger partial charge in [-0.25, -0.2) is 0 Å². The van der Waals surface area contributed by atoms with Crippen molar-refractivity contribution in [1.82, 2.24) is 15.0 Å². The molecule has 0 atom stereocenters. The molecule has 0 aliphatic carbocycles. The van der Waals surface area contributed by atoms with E-state index in [2.05, 4.69) is 47.1 Å². The van der Waals surface area contributed by atoms with Crippen LogP contribution in [0.4, 0.5) is 5.69 Å². The lowest BCUT2D eigenvalue weighted by Crippen LogP contribution is -2.50. The number of piperazine rings is 1. The lowest BCUT2D eigenvalue weighted by atomic mass is 10.1. The molecule has 0 radical (unpaired) electrons. The first kappa shape index (κ1) is 21.9. The van der Waals surface area contributed by atoms with Crippen LogP contribution in [0.3, 0.4) is 0 Å². The Kier molecular flexibility index (Phi) is 6.44. The van der Waals surface area contributed by atoms with E-state index in [0.29, 0.717) is 30.6 Å². The zero-order valence-electron chi connectivity index (χ0n) is 19.2. The standard InChI is InChI=1S/C25H30N4O3/c1-17(2)24-26-25(32-27-24)20-8-10-21(11-9-20)31-16-23(30)29-14-12-28(13-15-29)22-7-5-6-18(3)19(22)4/h5-11,17H,12-16H2,1-4H3. The predicted molar refractivity (Wildman–Crippen MR) is 124 cm³/mol. The Labute approximate surface area is 189 Å². The second-order valence-electron chi connectivity index (χ2n) is 8.51. The highest BCUT2D eigenvalue weighted by Crippen LogP contribution is 2.25. The van der Waals surface area contributed by atoms with Gasteiger partial charge in [0.05, 0.1) is 0 Å². The van der Waals surface area contributed by atoms with Crippen molar-refractivity contribution in [2.24, 2.45) is 0 Å². The molecule has 0 bridgehead atoms. The van der Waals surface area contributed by atoms with Gasteiger partial charge < -0.3 is 19.1 Å². The molecular formula is C25H30N4O3. The van der Waals surface area contributed by atoms with Gasteiger partial charge in [-0.3, -0.25) is 4.79 Å². The second kappa shape index (κ2) is 9.42. The molecule has 4 rings (SSSR count). The highest BCUT2D eigenvalue weighted by molar-refractivity contribution is 5.78. The van der Waals surface area contributed by atoms with Crippen molar-refractivity contribution in [3.05, 3.63) is 59.4 Å². The predicted octanol–water partition coefficient (Wildman–Crippen LogP) is 4.20. The van der Waals surface area contributed by atoms with Gasteiger partial charge in [0, 0.05) is 43.3 Å². The monoisotopic (exact) mass is 434 g/mol. The summed E-state index contributed by atoms with van der Waals surface area (Å²) in [6, 6.07) is 13.7. The number of anilines is 1. The van der Waals surface area contributed by atoms with Crippen molar-refractivity contribution in [2.45, 2.75) is 33.6 Å². The summed E-state index contributed by atoms with van der Waals surface area (Å²) in [6.45, 7) is 11.4. The Hall–Kier alpha value is -3.35. The first-order valence-electron chi connectivity index (χ1n) is 11.1. The molecular weight excluding hydrogens is 404 g/mol. The van der Waals surface area contributed by atoms with Crippen molar-refractivity contribution < 1.29 is 14.1 Å². The van der Waals surface area contributed by atoms with Crippen molar-refractivity contribution >= 4 is 11.6 Å². The number of aryl methyl sites for hydroxylation is 1. The third-order valence-electron chi connectivity index (χ3n) is 5.97. The molecule has 2 aromatic carbocycles. The van der Waals surface area contributed by atoms with Crippen LogP contribution in [0, 0.1) is 13.8 Å². The van der Waals surface area contributed by atoms with E-state index in [0.717, 1.165) is 18.7 Å². The highest BCUT2D eigenvalue weighted by atomic mass is 16.5. The molecule has 3 aromatic rings. The van der Waals surface area contributed by atoms with E-state index in [1.165, 1.54) is 16.8 Å². The molecule has 7 heteroatoms. The number of carbonyl (C=O) groups is 1. The molecule has 1 aliphatic rings. The molecule has 1 amide bonds. The molecule has 1 aliphatic heterocycles. The first-order valence-corrected chi connectivity index (χ1v) is 11.1. The lowest BCUT2D eigenvalue weighted by molar-refractivity contribution is -0.133. The molecule has 0 N–H and O–H groups in total. The Balaban J connectivity index is 1.28. The molecule has 168 valence electrons. The van der Waals surface area contributed by atoms with Crippen molar-refractivity contribution in [2.75, 3.05) is 37.7 Å². The molecule has 1 aromatic heterocycles. The third kappa shape index (κ3) is 4.77. The van der Waals surface area contributed by atoms with Crippen LogP contribution >= 0.6 is 0 Å². The highest BCUT2D eigenvalue weighted by Gasteiger charge is 2.22. The summed E-state index contributed by atoms with van der Waals surface area (Å²) in [6.07, 6.45) is 0. The van der Waals surface area contributed by atoms with Gasteiger partial charge in [-0.1, -0.05) is 31.1 Å². The van der Waals surface area contributed by atoms with Crippen LogP contribution in [0.2, 0.25) is 0 Å². The maximum Gasteiger partial charge on any atom is 0.260 e. The van der Waals surface area contributed by atoms with Crippen LogP contribution in [0.1, 0.15) is 36.7 Å². The van der Waals surface area contributed by atoms with Crippen molar-refractivity contribution in [3.63, 3.8) is 0 Å². The number of ether oxygens (including phenoxy) is 1. The van der Waals surface area contributed by atoms with Gasteiger partial charge in [0.25, 0.3) is 11.8 Å². The van der Waals surface area contributed by atoms with E-state index in [1.807, 2.05) is 43.0 Å². The number of nitrogens with zero attached hydrogens (tertiary/aromatic N) is 4. The van der Waals surface area contributed by atoms with Gasteiger partial charge in [0.15, 0.2) is 12.4 Å². The molecule has 7 nitrogen and oxygen atoms in total. The number of hydrogen-bond acceptors (Lipinski definition) is 6. The van der Waals surface area contributed by atoms with Crippen molar-refractivity contribution in [1.29, 1.82) is 0 Å². The fourth-order valence-electron chi connectivity index (χ4n) is 3.79. The summed E-state index contributed by atoms with van der Waals surface area (Å²) in [7, 11) is 0. The zero-order valence-corrected chi connectivity index (χ0v) is 19.2. The van der Waals surface area contributed by atoms with Gasteiger partial charge >= 0.3 is 0 Å². The number of hydrogen-bond donors (Lipinski definition) is 0. The van der Waals surface area contributed by atoms with Gasteiger partial charge in [-0.05, 0) is 55.3 Å². The Morgan fingerprint density at radius 2 is 1.78 bits per heavy atom. The molecule has 0 unspecified atom stereocenters. The van der Waals surface area contributed by atoms with Gasteiger partial charge in [-0.2, -0.15) is 4.98 Å². The number of benzene rings is 2. The normalized spacial score (nSPS) is 14.2. The van der Waals surface area contributed by atoms with Crippen LogP contribution in [0.5, 0.6) is 5.75 Å². The van der Waals surface area contributed by atoms with Crippen LogP contribution < -0.4 is 9.64 Å². The summed E-state index contributed by atoms with van der Waals surface area (Å²) in [5.41, 5.74) is 4.68. The first-order chi connectivity index (χ1) is 15.4. The minimum atomic E-state index is 0.00756. The maximum absolute atomic E-state index is 12.6. The van der Waals surface area contributed by atoms with Crippen LogP contribution in [-0.4, -0.2) is 53.7 Å². The average Bonchev–Trinajstić information content (AvgIpc) is 3.31. The number of rotatable bonds is 6. The Bertz CT molecular complexity index is 1070. The Morgan fingerprint density at radius 1 is 1.06 bits per heavy atom. The van der Waals surface area contributed by atoms with E-state index in [-0.39, 0.29) is 18.4 Å². The average molecular weight is 435 g/mol. The topological polar surface area (TPSA) is 71.7 Å². The fraction of sp³-hybridized carbons (Fsp3) is 0.400.